The molecule has 0 aromatic carbocycles. The van der Waals surface area contributed by atoms with Crippen molar-refractivity contribution in [2.75, 3.05) is 10.6 Å². The molecule has 4 rings (SSSR count). The van der Waals surface area contributed by atoms with Crippen LogP contribution in [0.3, 0.4) is 0 Å². The molecule has 10 heteroatoms. The number of hydrogen-bond acceptors (Lipinski definition) is 6. The number of aromatic nitrogens is 3. The van der Waals surface area contributed by atoms with Crippen molar-refractivity contribution < 1.29 is 9.59 Å². The minimum atomic E-state index is -0.620. The maximum absolute atomic E-state index is 13.3. The lowest BCUT2D eigenvalue weighted by Gasteiger charge is -2.21. The lowest BCUT2D eigenvalue weighted by atomic mass is 9.97. The summed E-state index contributed by atoms with van der Waals surface area (Å²) in [7, 11) is 0. The first-order valence-electron chi connectivity index (χ1n) is 13.1. The number of nitrogens with one attached hydrogen (secondary N) is 3. The quantitative estimate of drug-likeness (QED) is 0.277. The summed E-state index contributed by atoms with van der Waals surface area (Å²) in [6, 6.07) is 4.94. The van der Waals surface area contributed by atoms with Gasteiger partial charge in [-0.05, 0) is 65.2 Å². The average Bonchev–Trinajstić information content (AvgIpc) is 3.62. The predicted molar refractivity (Wildman–Crippen MR) is 154 cm³/mol. The fourth-order valence-corrected chi connectivity index (χ4v) is 5.76. The molecule has 2 atom stereocenters. The molecular weight excluding hydrogens is 520 g/mol. The van der Waals surface area contributed by atoms with Crippen LogP contribution in [0.1, 0.15) is 86.1 Å². The van der Waals surface area contributed by atoms with E-state index in [0.717, 1.165) is 29.1 Å². The second-order valence-electron chi connectivity index (χ2n) is 11.1. The molecule has 204 valence electrons. The zero-order chi connectivity index (χ0) is 27.4. The fraction of sp³-hybridized carbons (Fsp3) is 0.500. The van der Waals surface area contributed by atoms with Gasteiger partial charge < -0.3 is 16.0 Å². The molecule has 0 unspecified atom stereocenters. The Hall–Kier alpha value is -2.91. The number of anilines is 2. The van der Waals surface area contributed by atoms with Crippen molar-refractivity contribution in [3.63, 3.8) is 0 Å². The van der Waals surface area contributed by atoms with Crippen molar-refractivity contribution >= 4 is 46.1 Å². The van der Waals surface area contributed by atoms with E-state index in [-0.39, 0.29) is 23.4 Å². The van der Waals surface area contributed by atoms with Crippen LogP contribution in [0.4, 0.5) is 11.4 Å². The first kappa shape index (κ1) is 28.1. The monoisotopic (exact) mass is 556 g/mol. The van der Waals surface area contributed by atoms with Gasteiger partial charge in [-0.15, -0.1) is 11.3 Å². The van der Waals surface area contributed by atoms with E-state index in [2.05, 4.69) is 26.0 Å². The van der Waals surface area contributed by atoms with Gasteiger partial charge in [-0.2, -0.15) is 5.10 Å². The van der Waals surface area contributed by atoms with Crippen LogP contribution in [0.2, 0.25) is 5.02 Å². The number of hydrogen-bond donors (Lipinski definition) is 3. The Morgan fingerprint density at radius 2 is 1.95 bits per heavy atom. The van der Waals surface area contributed by atoms with Gasteiger partial charge in [0, 0.05) is 17.3 Å². The number of carbonyl (C=O) groups is 2. The summed E-state index contributed by atoms with van der Waals surface area (Å²) in [6.07, 6.45) is 10.2. The molecule has 0 radical (unpaired) electrons. The third-order valence-electron chi connectivity index (χ3n) is 6.91. The Kier molecular flexibility index (Phi) is 8.78. The Morgan fingerprint density at radius 1 is 1.21 bits per heavy atom. The van der Waals surface area contributed by atoms with E-state index in [4.69, 9.17) is 11.6 Å². The standard InChI is InChI=1S/C28H37ClN6O2S/c1-17-22(13-20(29)14-30-17)32-18(2)24-10-11-25(38-24)27(37)34-23(12-19-8-6-7-9-19)26(36)33-21-15-31-35(16-21)28(3,4)5/h10-11,13-16,18-19,23,32H,6-9,12H2,1-5H3,(H,33,36)(H,34,37)/t18-,23-/m0/s1. The second-order valence-corrected chi connectivity index (χ2v) is 12.7. The molecule has 3 aromatic heterocycles. The third kappa shape index (κ3) is 7.14. The molecule has 8 nitrogen and oxygen atoms in total. The Bertz CT molecular complexity index is 1270. The zero-order valence-electron chi connectivity index (χ0n) is 22.7. The normalized spacial score (nSPS) is 15.7. The largest absolute Gasteiger partial charge is 0.376 e. The highest BCUT2D eigenvalue weighted by Crippen LogP contribution is 2.31. The SMILES string of the molecule is Cc1ncc(Cl)cc1N[C@@H](C)c1ccc(C(=O)N[C@@H](CC2CCCC2)C(=O)Nc2cnn(C(C)(C)C)c2)s1. The van der Waals surface area contributed by atoms with E-state index < -0.39 is 6.04 Å². The number of nitrogens with zero attached hydrogens (tertiary/aromatic N) is 3. The van der Waals surface area contributed by atoms with Gasteiger partial charge in [-0.25, -0.2) is 0 Å². The summed E-state index contributed by atoms with van der Waals surface area (Å²) >= 11 is 7.52. The maximum atomic E-state index is 13.3. The second kappa shape index (κ2) is 11.9. The minimum absolute atomic E-state index is 0.0440. The summed E-state index contributed by atoms with van der Waals surface area (Å²) < 4.78 is 1.82. The zero-order valence-corrected chi connectivity index (χ0v) is 24.2. The van der Waals surface area contributed by atoms with Gasteiger partial charge >= 0.3 is 0 Å². The average molecular weight is 557 g/mol. The summed E-state index contributed by atoms with van der Waals surface area (Å²) in [5.74, 6) is -0.0203. The molecule has 0 spiro atoms. The molecule has 3 N–H and O–H groups in total. The van der Waals surface area contributed by atoms with Crippen molar-refractivity contribution in [1.29, 1.82) is 0 Å². The maximum Gasteiger partial charge on any atom is 0.262 e. The Labute approximate surface area is 233 Å². The highest BCUT2D eigenvalue weighted by molar-refractivity contribution is 7.14. The molecule has 1 aliphatic carbocycles. The van der Waals surface area contributed by atoms with Crippen molar-refractivity contribution in [3.05, 3.63) is 57.3 Å². The van der Waals surface area contributed by atoms with Crippen LogP contribution in [0.15, 0.2) is 36.8 Å². The van der Waals surface area contributed by atoms with E-state index in [1.165, 1.54) is 24.2 Å². The first-order chi connectivity index (χ1) is 18.0. The number of rotatable bonds is 9. The van der Waals surface area contributed by atoms with E-state index in [9.17, 15) is 9.59 Å². The van der Waals surface area contributed by atoms with Crippen molar-refractivity contribution in [2.45, 2.75) is 84.3 Å². The van der Waals surface area contributed by atoms with Gasteiger partial charge in [0.15, 0.2) is 0 Å². The molecule has 3 heterocycles. The van der Waals surface area contributed by atoms with E-state index in [1.807, 2.05) is 63.7 Å². The summed E-state index contributed by atoms with van der Waals surface area (Å²) in [5, 5.41) is 14.3. The smallest absolute Gasteiger partial charge is 0.262 e. The highest BCUT2D eigenvalue weighted by atomic mass is 35.5. The number of pyridine rings is 1. The van der Waals surface area contributed by atoms with Gasteiger partial charge in [0.1, 0.15) is 6.04 Å². The number of aryl methyl sites for hydroxylation is 1. The summed E-state index contributed by atoms with van der Waals surface area (Å²) in [6.45, 7) is 10.1. The molecule has 3 aromatic rings. The fourth-order valence-electron chi connectivity index (χ4n) is 4.69. The molecule has 1 fully saturated rings. The van der Waals surface area contributed by atoms with E-state index in [1.54, 1.807) is 12.4 Å². The number of carbonyl (C=O) groups excluding carboxylic acids is 2. The van der Waals surface area contributed by atoms with Crippen LogP contribution in [-0.4, -0.2) is 32.6 Å². The van der Waals surface area contributed by atoms with E-state index >= 15 is 0 Å². The van der Waals surface area contributed by atoms with Crippen molar-refractivity contribution in [3.8, 4) is 0 Å². The van der Waals surface area contributed by atoms with Crippen molar-refractivity contribution in [1.82, 2.24) is 20.1 Å². The Balaban J connectivity index is 1.44. The van der Waals surface area contributed by atoms with Gasteiger partial charge in [0.05, 0.1) is 44.7 Å². The van der Waals surface area contributed by atoms with Gasteiger partial charge in [-0.1, -0.05) is 37.3 Å². The van der Waals surface area contributed by atoms with E-state index in [0.29, 0.717) is 27.9 Å². The number of amides is 2. The molecule has 0 aliphatic heterocycles. The molecule has 0 bridgehead atoms. The molecule has 38 heavy (non-hydrogen) atoms. The van der Waals surface area contributed by atoms with Gasteiger partial charge in [0.25, 0.3) is 5.91 Å². The van der Waals surface area contributed by atoms with Crippen LogP contribution >= 0.6 is 22.9 Å². The van der Waals surface area contributed by atoms with Gasteiger partial charge in [0.2, 0.25) is 5.91 Å². The number of halogens is 1. The molecule has 1 saturated carbocycles. The summed E-state index contributed by atoms with van der Waals surface area (Å²) in [5.41, 5.74) is 2.14. The van der Waals surface area contributed by atoms with Crippen LogP contribution < -0.4 is 16.0 Å². The Morgan fingerprint density at radius 3 is 2.63 bits per heavy atom. The van der Waals surface area contributed by atoms with Crippen LogP contribution in [0, 0.1) is 12.8 Å². The molecular formula is C28H37ClN6O2S. The highest BCUT2D eigenvalue weighted by Gasteiger charge is 2.28. The van der Waals surface area contributed by atoms with Gasteiger partial charge in [-0.3, -0.25) is 19.3 Å². The van der Waals surface area contributed by atoms with Crippen LogP contribution in [0.5, 0.6) is 0 Å². The minimum Gasteiger partial charge on any atom is -0.376 e. The lowest BCUT2D eigenvalue weighted by molar-refractivity contribution is -0.118. The van der Waals surface area contributed by atoms with Crippen molar-refractivity contribution in [2.24, 2.45) is 5.92 Å². The number of thiophene rings is 1. The first-order valence-corrected chi connectivity index (χ1v) is 14.3. The summed E-state index contributed by atoms with van der Waals surface area (Å²) in [4.78, 5) is 32.4. The van der Waals surface area contributed by atoms with Crippen LogP contribution in [-0.2, 0) is 10.3 Å². The molecule has 0 saturated heterocycles. The van der Waals surface area contributed by atoms with Crippen LogP contribution in [0.25, 0.3) is 0 Å². The molecule has 2 amide bonds. The lowest BCUT2D eigenvalue weighted by Crippen LogP contribution is -2.44. The topological polar surface area (TPSA) is 101 Å². The predicted octanol–water partition coefficient (Wildman–Crippen LogP) is 6.55. The molecule has 1 aliphatic rings. The third-order valence-corrected chi connectivity index (χ3v) is 8.38.